The minimum absolute atomic E-state index is 0.0315. The first kappa shape index (κ1) is 41.8. The Morgan fingerprint density at radius 2 is 1.17 bits per heavy atom. The van der Waals surface area contributed by atoms with E-state index in [1.54, 1.807) is 0 Å². The molecule has 9 aromatic carbocycles. The van der Waals surface area contributed by atoms with Crippen LogP contribution in [0.2, 0.25) is 0 Å². The molecule has 0 spiro atoms. The van der Waals surface area contributed by atoms with E-state index in [0.29, 0.717) is 23.0 Å². The second kappa shape index (κ2) is 15.2. The number of nitrogens with one attached hydrogen (secondary N) is 1. The predicted octanol–water partition coefficient (Wildman–Crippen LogP) is 16.9. The lowest BCUT2D eigenvalue weighted by Gasteiger charge is -2.44. The maximum absolute atomic E-state index is 7.19. The molecule has 1 radical (unpaired) electrons. The number of ether oxygens (including phenoxy) is 2. The molecular weight excluding hydrogens is 872 g/mol. The standard InChI is InChI=1S/C64H50BN2O4/c1-36-24-25-47(41(30-36)38-16-8-7-9-17-38)66-48-26-27-55-59(40-19-11-13-21-52(40)68-55)58(48)43-32-42-39-18-10-12-20-51(39)71-62(42)61-60(43)65-46-34-56-57(70-54-23-15-14-22-53(54)69-56)35-50(46)67(61)49-33-45-44(31-37(49)2)63(3,4)28-29-64(45,5)6/h7-27,30-35,66H,28-29H2,1-6H3. The minimum atomic E-state index is -0.0406. The number of fused-ring (bicyclic) bond motifs is 12. The van der Waals surface area contributed by atoms with Gasteiger partial charge in [-0.05, 0) is 138 Å². The fourth-order valence-electron chi connectivity index (χ4n) is 11.8. The van der Waals surface area contributed by atoms with Gasteiger partial charge in [-0.1, -0.05) is 130 Å². The first-order valence-electron chi connectivity index (χ1n) is 24.8. The molecule has 343 valence electrons. The van der Waals surface area contributed by atoms with E-state index in [4.69, 9.17) is 18.3 Å². The Balaban J connectivity index is 1.11. The molecule has 3 aliphatic rings. The second-order valence-corrected chi connectivity index (χ2v) is 21.1. The zero-order chi connectivity index (χ0) is 47.9. The normalized spacial score (nSPS) is 15.0. The van der Waals surface area contributed by atoms with Gasteiger partial charge in [-0.3, -0.25) is 0 Å². The van der Waals surface area contributed by atoms with Crippen LogP contribution in [0.4, 0.5) is 28.4 Å². The van der Waals surface area contributed by atoms with Crippen molar-refractivity contribution in [1.82, 2.24) is 0 Å². The molecule has 2 aromatic heterocycles. The lowest BCUT2D eigenvalue weighted by Crippen LogP contribution is -2.42. The number of hydrogen-bond donors (Lipinski definition) is 1. The number of nitrogens with zero attached hydrogens (tertiary/aromatic N) is 1. The third kappa shape index (κ3) is 6.41. The van der Waals surface area contributed by atoms with Gasteiger partial charge in [0.25, 0.3) is 0 Å². The maximum atomic E-state index is 7.19. The van der Waals surface area contributed by atoms with Crippen LogP contribution in [-0.4, -0.2) is 7.28 Å². The molecule has 1 N–H and O–H groups in total. The Bertz CT molecular complexity index is 4050. The van der Waals surface area contributed by atoms with Gasteiger partial charge in [0.05, 0.1) is 5.69 Å². The zero-order valence-corrected chi connectivity index (χ0v) is 40.7. The van der Waals surface area contributed by atoms with E-state index in [9.17, 15) is 0 Å². The molecule has 71 heavy (non-hydrogen) atoms. The van der Waals surface area contributed by atoms with Crippen LogP contribution in [-0.2, 0) is 10.8 Å². The third-order valence-electron chi connectivity index (χ3n) is 15.6. The Labute approximate surface area is 413 Å². The molecule has 4 heterocycles. The Morgan fingerprint density at radius 1 is 0.521 bits per heavy atom. The maximum Gasteiger partial charge on any atom is 0.198 e. The van der Waals surface area contributed by atoms with Gasteiger partial charge >= 0.3 is 0 Å². The Hall–Kier alpha value is -8.16. The van der Waals surface area contributed by atoms with Crippen LogP contribution < -0.4 is 30.6 Å². The highest BCUT2D eigenvalue weighted by Crippen LogP contribution is 2.54. The highest BCUT2D eigenvalue weighted by Gasteiger charge is 2.40. The predicted molar refractivity (Wildman–Crippen MR) is 293 cm³/mol. The molecule has 0 fully saturated rings. The Kier molecular flexibility index (Phi) is 8.93. The molecule has 0 saturated heterocycles. The van der Waals surface area contributed by atoms with Crippen LogP contribution in [0, 0.1) is 13.8 Å². The van der Waals surface area contributed by atoms with Crippen LogP contribution in [0.3, 0.4) is 0 Å². The first-order valence-corrected chi connectivity index (χ1v) is 24.8. The summed E-state index contributed by atoms with van der Waals surface area (Å²) in [4.78, 5) is 2.46. The fourth-order valence-corrected chi connectivity index (χ4v) is 11.8. The number of aryl methyl sites for hydroxylation is 2. The van der Waals surface area contributed by atoms with Gasteiger partial charge < -0.3 is 28.5 Å². The monoisotopic (exact) mass is 921 g/mol. The molecule has 0 atom stereocenters. The highest BCUT2D eigenvalue weighted by atomic mass is 16.6. The molecule has 0 unspecified atom stereocenters. The molecule has 14 rings (SSSR count). The molecule has 1 aliphatic carbocycles. The summed E-state index contributed by atoms with van der Waals surface area (Å²) in [5, 5.41) is 8.19. The number of para-hydroxylation sites is 4. The van der Waals surface area contributed by atoms with Gasteiger partial charge in [0, 0.05) is 61.5 Å². The number of rotatable bonds is 5. The van der Waals surface area contributed by atoms with Crippen molar-refractivity contribution in [1.29, 1.82) is 0 Å². The van der Waals surface area contributed by atoms with Gasteiger partial charge in [-0.2, -0.15) is 0 Å². The van der Waals surface area contributed by atoms with Crippen molar-refractivity contribution in [3.63, 3.8) is 0 Å². The molecule has 6 nitrogen and oxygen atoms in total. The van der Waals surface area contributed by atoms with E-state index in [-0.39, 0.29) is 10.8 Å². The average Bonchev–Trinajstić information content (AvgIpc) is 3.95. The van der Waals surface area contributed by atoms with Crippen molar-refractivity contribution in [2.24, 2.45) is 0 Å². The fraction of sp³-hybridized carbons (Fsp3) is 0.156. The first-order chi connectivity index (χ1) is 34.5. The van der Waals surface area contributed by atoms with Crippen LogP contribution in [0.25, 0.3) is 66.1 Å². The van der Waals surface area contributed by atoms with Crippen LogP contribution in [0.1, 0.15) is 62.8 Å². The van der Waals surface area contributed by atoms with Crippen molar-refractivity contribution in [3.8, 4) is 45.3 Å². The third-order valence-corrected chi connectivity index (χ3v) is 15.6. The lowest BCUT2D eigenvalue weighted by atomic mass is 9.57. The van der Waals surface area contributed by atoms with Crippen molar-refractivity contribution >= 4 is 90.5 Å². The van der Waals surface area contributed by atoms with E-state index in [1.165, 1.54) is 22.3 Å². The molecule has 0 amide bonds. The largest absolute Gasteiger partial charge is 0.456 e. The summed E-state index contributed by atoms with van der Waals surface area (Å²) in [6, 6.07) is 57.9. The van der Waals surface area contributed by atoms with E-state index in [2.05, 4.69) is 192 Å². The summed E-state index contributed by atoms with van der Waals surface area (Å²) < 4.78 is 27.3. The zero-order valence-electron chi connectivity index (χ0n) is 40.7. The van der Waals surface area contributed by atoms with E-state index in [0.717, 1.165) is 118 Å². The molecular formula is C64H50BN2O4. The lowest BCUT2D eigenvalue weighted by molar-refractivity contribution is 0.332. The van der Waals surface area contributed by atoms with Crippen LogP contribution >= 0.6 is 0 Å². The van der Waals surface area contributed by atoms with Crippen molar-refractivity contribution < 1.29 is 18.3 Å². The summed E-state index contributed by atoms with van der Waals surface area (Å²) >= 11 is 0. The highest BCUT2D eigenvalue weighted by molar-refractivity contribution is 6.74. The molecule has 0 bridgehead atoms. The quantitative estimate of drug-likeness (QED) is 0.174. The van der Waals surface area contributed by atoms with Gasteiger partial charge in [-0.15, -0.1) is 0 Å². The number of furan rings is 2. The summed E-state index contributed by atoms with van der Waals surface area (Å²) in [6.07, 6.45) is 2.22. The van der Waals surface area contributed by atoms with E-state index in [1.807, 2.05) is 30.3 Å². The minimum Gasteiger partial charge on any atom is -0.456 e. The van der Waals surface area contributed by atoms with E-state index >= 15 is 0 Å². The van der Waals surface area contributed by atoms with E-state index < -0.39 is 0 Å². The molecule has 11 aromatic rings. The summed E-state index contributed by atoms with van der Waals surface area (Å²) in [7, 11) is 2.33. The number of hydrogen-bond acceptors (Lipinski definition) is 6. The Morgan fingerprint density at radius 3 is 1.93 bits per heavy atom. The van der Waals surface area contributed by atoms with Crippen LogP contribution in [0.5, 0.6) is 23.0 Å². The molecule has 2 aliphatic heterocycles. The van der Waals surface area contributed by atoms with Crippen molar-refractivity contribution in [3.05, 3.63) is 186 Å². The summed E-state index contributed by atoms with van der Waals surface area (Å²) in [5.74, 6) is 2.70. The summed E-state index contributed by atoms with van der Waals surface area (Å²) in [5.41, 5.74) is 19.8. The smallest absolute Gasteiger partial charge is 0.198 e. The topological polar surface area (TPSA) is 60.0 Å². The van der Waals surface area contributed by atoms with Gasteiger partial charge in [0.15, 0.2) is 35.9 Å². The van der Waals surface area contributed by atoms with Crippen LogP contribution in [0.15, 0.2) is 173 Å². The average molecular weight is 922 g/mol. The van der Waals surface area contributed by atoms with Gasteiger partial charge in [0.1, 0.15) is 16.7 Å². The SMILES string of the molecule is Cc1ccc(Nc2ccc3oc4ccccc4c3c2-c2cc3c(oc4ccccc43)c3c2[B]c2cc4c(cc2N3c2cc3c(cc2C)C(C)(C)CCC3(C)C)Oc2ccccc2O4)c(-c2ccccc2)c1. The molecule has 7 heteroatoms. The van der Waals surface area contributed by atoms with Gasteiger partial charge in [-0.25, -0.2) is 0 Å². The number of anilines is 5. The molecule has 0 saturated carbocycles. The van der Waals surface area contributed by atoms with Gasteiger partial charge in [0.2, 0.25) is 0 Å². The summed E-state index contributed by atoms with van der Waals surface area (Å²) in [6.45, 7) is 14.0. The van der Waals surface area contributed by atoms with Crippen molar-refractivity contribution in [2.75, 3.05) is 10.2 Å². The second-order valence-electron chi connectivity index (χ2n) is 21.1. The number of benzene rings is 9. The van der Waals surface area contributed by atoms with Crippen molar-refractivity contribution in [2.45, 2.75) is 65.2 Å².